The Bertz CT molecular complexity index is 2720. The topological polar surface area (TPSA) is 23.0 Å². The molecule has 3 aromatic heterocycles. The van der Waals surface area contributed by atoms with Gasteiger partial charge in [-0.1, -0.05) is 121 Å². The lowest BCUT2D eigenvalue weighted by Crippen LogP contribution is -1.94. The molecule has 0 saturated carbocycles. The highest BCUT2D eigenvalue weighted by Gasteiger charge is 2.20. The zero-order chi connectivity index (χ0) is 30.9. The number of rotatable bonds is 4. The van der Waals surface area contributed by atoms with Gasteiger partial charge in [-0.25, -0.2) is 0 Å². The summed E-state index contributed by atoms with van der Waals surface area (Å²) in [4.78, 5) is 0. The first-order valence-electron chi connectivity index (χ1n) is 16.0. The summed E-state index contributed by atoms with van der Waals surface area (Å²) in [7, 11) is 0. The summed E-state index contributed by atoms with van der Waals surface area (Å²) < 4.78 is 11.1. The molecule has 3 heterocycles. The van der Waals surface area contributed by atoms with E-state index in [2.05, 4.69) is 167 Å². The van der Waals surface area contributed by atoms with Crippen molar-refractivity contribution in [2.45, 2.75) is 0 Å². The number of para-hydroxylation sites is 4. The van der Waals surface area contributed by atoms with Crippen molar-refractivity contribution in [3.05, 3.63) is 170 Å². The molecule has 0 unspecified atom stereocenters. The van der Waals surface area contributed by atoms with Crippen LogP contribution < -0.4 is 0 Å². The van der Waals surface area contributed by atoms with Crippen molar-refractivity contribution in [2.24, 2.45) is 0 Å². The van der Waals surface area contributed by atoms with Crippen LogP contribution in [0.3, 0.4) is 0 Å². The number of hydrogen-bond acceptors (Lipinski definition) is 1. The molecule has 0 aliphatic carbocycles. The summed E-state index contributed by atoms with van der Waals surface area (Å²) in [5, 5.41) is 6.03. The number of benzene rings is 7. The summed E-state index contributed by atoms with van der Waals surface area (Å²) in [6.45, 7) is 0. The maximum atomic E-state index is 6.48. The molecule has 0 fully saturated rings. The summed E-state index contributed by atoms with van der Waals surface area (Å²) in [6.07, 6.45) is 0. The van der Waals surface area contributed by atoms with Crippen LogP contribution in [-0.2, 0) is 0 Å². The number of nitrogens with zero attached hydrogens (tertiary/aromatic N) is 2. The molecule has 47 heavy (non-hydrogen) atoms. The third-order valence-corrected chi connectivity index (χ3v) is 9.54. The molecule has 10 rings (SSSR count). The Hall–Kier alpha value is -6.32. The molecule has 0 atom stereocenters. The third-order valence-electron chi connectivity index (χ3n) is 9.54. The summed E-state index contributed by atoms with van der Waals surface area (Å²) >= 11 is 0. The molecular formula is C44H28N2O. The van der Waals surface area contributed by atoms with Crippen LogP contribution in [0.5, 0.6) is 0 Å². The molecule has 0 spiro atoms. The van der Waals surface area contributed by atoms with Gasteiger partial charge in [0.2, 0.25) is 5.71 Å². The van der Waals surface area contributed by atoms with Crippen LogP contribution in [0.1, 0.15) is 0 Å². The van der Waals surface area contributed by atoms with E-state index in [4.69, 9.17) is 4.42 Å². The van der Waals surface area contributed by atoms with Gasteiger partial charge < -0.3 is 8.98 Å². The Balaban J connectivity index is 1.07. The summed E-state index contributed by atoms with van der Waals surface area (Å²) in [5.74, 6) is 0. The van der Waals surface area contributed by atoms with Crippen molar-refractivity contribution in [3.8, 4) is 33.6 Å². The van der Waals surface area contributed by atoms with Gasteiger partial charge in [0.1, 0.15) is 5.58 Å². The van der Waals surface area contributed by atoms with E-state index >= 15 is 0 Å². The highest BCUT2D eigenvalue weighted by molar-refractivity contribution is 6.20. The van der Waals surface area contributed by atoms with E-state index in [0.29, 0.717) is 0 Å². The number of fused-ring (bicyclic) bond motifs is 8. The molecule has 0 N–H and O–H groups in total. The summed E-state index contributed by atoms with van der Waals surface area (Å²) in [6, 6.07) is 60.7. The minimum atomic E-state index is 0.878. The minimum absolute atomic E-state index is 0.878. The fraction of sp³-hybridized carbons (Fsp3) is 0. The van der Waals surface area contributed by atoms with E-state index in [0.717, 1.165) is 39.0 Å². The van der Waals surface area contributed by atoms with Crippen LogP contribution in [0.25, 0.3) is 88.4 Å². The van der Waals surface area contributed by atoms with E-state index in [-0.39, 0.29) is 0 Å². The van der Waals surface area contributed by atoms with Crippen molar-refractivity contribution >= 4 is 54.8 Å². The van der Waals surface area contributed by atoms with Gasteiger partial charge in [0, 0.05) is 32.9 Å². The first kappa shape index (κ1) is 26.0. The van der Waals surface area contributed by atoms with E-state index < -0.39 is 0 Å². The maximum absolute atomic E-state index is 6.48. The average molecular weight is 601 g/mol. The van der Waals surface area contributed by atoms with Gasteiger partial charge in [-0.05, 0) is 70.8 Å². The van der Waals surface area contributed by atoms with E-state index in [1.807, 2.05) is 12.1 Å². The van der Waals surface area contributed by atoms with Crippen LogP contribution in [0, 0.1) is 0 Å². The standard InChI is InChI=1S/C44H28N2O/c1-2-12-33(13-3-1)46-41-28-32(25-26-37(41)43-38-17-6-9-20-42(38)47-44(43)46)30-23-21-29(22-24-30)31-11-10-14-34(27-31)45-39-18-7-4-15-35(39)36-16-5-8-19-40(36)45/h1-28H. The molecule has 0 amide bonds. The zero-order valence-electron chi connectivity index (χ0n) is 25.5. The van der Waals surface area contributed by atoms with Crippen LogP contribution >= 0.6 is 0 Å². The van der Waals surface area contributed by atoms with E-state index in [1.54, 1.807) is 0 Å². The highest BCUT2D eigenvalue weighted by Crippen LogP contribution is 2.40. The molecule has 3 nitrogen and oxygen atoms in total. The quantitative estimate of drug-likeness (QED) is 0.197. The van der Waals surface area contributed by atoms with Crippen molar-refractivity contribution in [2.75, 3.05) is 0 Å². The lowest BCUT2D eigenvalue weighted by Gasteiger charge is -2.11. The first-order chi connectivity index (χ1) is 23.3. The van der Waals surface area contributed by atoms with Gasteiger partial charge in [-0.3, -0.25) is 4.57 Å². The summed E-state index contributed by atoms with van der Waals surface area (Å²) in [5.41, 5.74) is 12.3. The van der Waals surface area contributed by atoms with Crippen molar-refractivity contribution in [1.29, 1.82) is 0 Å². The Morgan fingerprint density at radius 2 is 0.915 bits per heavy atom. The maximum Gasteiger partial charge on any atom is 0.213 e. The molecule has 7 aromatic carbocycles. The second-order valence-corrected chi connectivity index (χ2v) is 12.2. The Labute approximate surface area is 271 Å². The van der Waals surface area contributed by atoms with Crippen molar-refractivity contribution in [3.63, 3.8) is 0 Å². The molecule has 3 heteroatoms. The van der Waals surface area contributed by atoms with Gasteiger partial charge in [-0.15, -0.1) is 0 Å². The van der Waals surface area contributed by atoms with Crippen molar-refractivity contribution in [1.82, 2.24) is 9.13 Å². The Morgan fingerprint density at radius 1 is 0.340 bits per heavy atom. The number of furan rings is 1. The SMILES string of the molecule is c1ccc(-n2c3cc(-c4ccc(-c5cccc(-n6c7ccccc7c7ccccc76)c5)cc4)ccc3c3c4ccccc4oc32)cc1. The van der Waals surface area contributed by atoms with E-state index in [1.165, 1.54) is 49.4 Å². The molecule has 0 radical (unpaired) electrons. The molecule has 0 aliphatic heterocycles. The monoisotopic (exact) mass is 600 g/mol. The fourth-order valence-corrected chi connectivity index (χ4v) is 7.38. The predicted octanol–water partition coefficient (Wildman–Crippen LogP) is 12.0. The molecule has 0 saturated heterocycles. The van der Waals surface area contributed by atoms with Gasteiger partial charge in [0.15, 0.2) is 0 Å². The first-order valence-corrected chi connectivity index (χ1v) is 16.0. The lowest BCUT2D eigenvalue weighted by molar-refractivity contribution is 0.645. The van der Waals surface area contributed by atoms with Crippen LogP contribution in [-0.4, -0.2) is 9.13 Å². The molecule has 0 bridgehead atoms. The minimum Gasteiger partial charge on any atom is -0.439 e. The predicted molar refractivity (Wildman–Crippen MR) is 196 cm³/mol. The number of hydrogen-bond donors (Lipinski definition) is 0. The van der Waals surface area contributed by atoms with E-state index in [9.17, 15) is 0 Å². The highest BCUT2D eigenvalue weighted by atomic mass is 16.3. The fourth-order valence-electron chi connectivity index (χ4n) is 7.38. The smallest absolute Gasteiger partial charge is 0.213 e. The average Bonchev–Trinajstić information content (AvgIpc) is 3.79. The second-order valence-electron chi connectivity index (χ2n) is 12.2. The molecule has 0 aliphatic rings. The third kappa shape index (κ3) is 3.93. The Kier molecular flexibility index (Phi) is 5.57. The van der Waals surface area contributed by atoms with Gasteiger partial charge >= 0.3 is 0 Å². The molecular weight excluding hydrogens is 572 g/mol. The second kappa shape index (κ2) is 10.1. The zero-order valence-corrected chi connectivity index (χ0v) is 25.5. The van der Waals surface area contributed by atoms with Gasteiger partial charge in [0.25, 0.3) is 0 Å². The largest absolute Gasteiger partial charge is 0.439 e. The number of aromatic nitrogens is 2. The van der Waals surface area contributed by atoms with Crippen molar-refractivity contribution < 1.29 is 4.42 Å². The van der Waals surface area contributed by atoms with Gasteiger partial charge in [-0.2, -0.15) is 0 Å². The van der Waals surface area contributed by atoms with Crippen LogP contribution in [0.2, 0.25) is 0 Å². The lowest BCUT2D eigenvalue weighted by atomic mass is 9.99. The van der Waals surface area contributed by atoms with Crippen LogP contribution in [0.15, 0.2) is 174 Å². The van der Waals surface area contributed by atoms with Crippen LogP contribution in [0.4, 0.5) is 0 Å². The normalized spacial score (nSPS) is 11.8. The van der Waals surface area contributed by atoms with Gasteiger partial charge in [0.05, 0.1) is 21.9 Å². The molecule has 220 valence electrons. The molecule has 10 aromatic rings. The Morgan fingerprint density at radius 3 is 1.64 bits per heavy atom.